The summed E-state index contributed by atoms with van der Waals surface area (Å²) < 4.78 is 5.41. The molecule has 162 valence electrons. The lowest BCUT2D eigenvalue weighted by Crippen LogP contribution is -2.41. The maximum atomic E-state index is 12.8. The number of morpholine rings is 1. The summed E-state index contributed by atoms with van der Waals surface area (Å²) in [6.07, 6.45) is 1.03. The number of carbonyl (C=O) groups excluding carboxylic acids is 1. The number of ether oxygens (including phenoxy) is 1. The first kappa shape index (κ1) is 22.3. The number of rotatable bonds is 8. The van der Waals surface area contributed by atoms with Gasteiger partial charge in [-0.05, 0) is 54.7 Å². The highest BCUT2D eigenvalue weighted by atomic mass is 16.5. The molecule has 3 rings (SSSR count). The predicted molar refractivity (Wildman–Crippen MR) is 124 cm³/mol. The zero-order valence-electron chi connectivity index (χ0n) is 18.7. The van der Waals surface area contributed by atoms with E-state index in [1.54, 1.807) is 0 Å². The molecule has 0 aromatic heterocycles. The molecule has 1 amide bonds. The second kappa shape index (κ2) is 10.6. The van der Waals surface area contributed by atoms with Crippen LogP contribution in [0.1, 0.15) is 44.9 Å². The highest BCUT2D eigenvalue weighted by Crippen LogP contribution is 2.24. The Labute approximate surface area is 180 Å². The Morgan fingerprint density at radius 2 is 1.63 bits per heavy atom. The van der Waals surface area contributed by atoms with E-state index >= 15 is 0 Å². The van der Waals surface area contributed by atoms with Gasteiger partial charge in [0.05, 0.1) is 19.3 Å². The Kier molecular flexibility index (Phi) is 7.88. The van der Waals surface area contributed by atoms with Gasteiger partial charge in [0.25, 0.3) is 0 Å². The van der Waals surface area contributed by atoms with Crippen LogP contribution in [0.15, 0.2) is 48.5 Å². The summed E-state index contributed by atoms with van der Waals surface area (Å²) in [5, 5.41) is 6.56. The zero-order chi connectivity index (χ0) is 21.5. The molecular weight excluding hydrogens is 374 g/mol. The Bertz CT molecular complexity index is 796. The minimum Gasteiger partial charge on any atom is -0.378 e. The molecule has 1 aliphatic heterocycles. The van der Waals surface area contributed by atoms with Gasteiger partial charge < -0.3 is 15.0 Å². The Balaban J connectivity index is 1.59. The quantitative estimate of drug-likeness (QED) is 0.679. The fourth-order valence-electron chi connectivity index (χ4n) is 3.81. The monoisotopic (exact) mass is 409 g/mol. The molecule has 1 heterocycles. The van der Waals surface area contributed by atoms with Crippen LogP contribution in [-0.2, 0) is 16.0 Å². The summed E-state index contributed by atoms with van der Waals surface area (Å²) in [7, 11) is 0. The van der Waals surface area contributed by atoms with Gasteiger partial charge in [0, 0.05) is 30.5 Å². The lowest BCUT2D eigenvalue weighted by atomic mass is 9.94. The molecule has 0 unspecified atom stereocenters. The molecule has 0 saturated carbocycles. The van der Waals surface area contributed by atoms with E-state index in [-0.39, 0.29) is 18.0 Å². The number of nitrogens with one attached hydrogen (secondary N) is 2. The van der Waals surface area contributed by atoms with Gasteiger partial charge in [0.2, 0.25) is 5.91 Å². The van der Waals surface area contributed by atoms with Crippen molar-refractivity contribution in [2.75, 3.05) is 36.5 Å². The summed E-state index contributed by atoms with van der Waals surface area (Å²) in [4.78, 5) is 15.1. The molecule has 0 aliphatic carbocycles. The normalized spacial score (nSPS) is 16.4. The first-order valence-electron chi connectivity index (χ1n) is 11.1. The molecule has 5 heteroatoms. The first-order valence-corrected chi connectivity index (χ1v) is 11.1. The van der Waals surface area contributed by atoms with Gasteiger partial charge in [-0.15, -0.1) is 0 Å². The van der Waals surface area contributed by atoms with Crippen LogP contribution in [0.5, 0.6) is 0 Å². The number of hydrogen-bond donors (Lipinski definition) is 2. The minimum atomic E-state index is -0.304. The number of nitrogens with zero attached hydrogens (tertiary/aromatic N) is 1. The van der Waals surface area contributed by atoms with Gasteiger partial charge in [0.1, 0.15) is 0 Å². The number of carbonyl (C=O) groups is 1. The van der Waals surface area contributed by atoms with Crippen LogP contribution in [0.25, 0.3) is 0 Å². The van der Waals surface area contributed by atoms with Crippen LogP contribution in [0, 0.1) is 5.92 Å². The second-order valence-electron chi connectivity index (χ2n) is 8.34. The molecule has 2 aromatic rings. The molecule has 2 N–H and O–H groups in total. The molecule has 2 aromatic carbocycles. The van der Waals surface area contributed by atoms with E-state index in [9.17, 15) is 4.79 Å². The molecule has 0 radical (unpaired) electrons. The van der Waals surface area contributed by atoms with Crippen molar-refractivity contribution in [3.05, 3.63) is 59.7 Å². The van der Waals surface area contributed by atoms with Crippen molar-refractivity contribution in [1.82, 2.24) is 5.32 Å². The average Bonchev–Trinajstić information content (AvgIpc) is 2.78. The number of hydrogen-bond acceptors (Lipinski definition) is 4. The Morgan fingerprint density at radius 3 is 2.20 bits per heavy atom. The van der Waals surface area contributed by atoms with E-state index in [1.165, 1.54) is 11.1 Å². The SMILES string of the molecule is CCc1ccc([C@H](N[C@@H](C)C(=O)Nc2ccc(N3CCOCC3)cc2)C(C)C)cc1. The molecule has 1 fully saturated rings. The van der Waals surface area contributed by atoms with E-state index in [0.717, 1.165) is 44.1 Å². The zero-order valence-corrected chi connectivity index (χ0v) is 18.7. The van der Waals surface area contributed by atoms with Crippen molar-refractivity contribution in [1.29, 1.82) is 0 Å². The van der Waals surface area contributed by atoms with Crippen molar-refractivity contribution in [2.45, 2.75) is 46.2 Å². The smallest absolute Gasteiger partial charge is 0.241 e. The van der Waals surface area contributed by atoms with Crippen LogP contribution >= 0.6 is 0 Å². The van der Waals surface area contributed by atoms with Gasteiger partial charge in [-0.1, -0.05) is 45.0 Å². The molecular formula is C25H35N3O2. The highest BCUT2D eigenvalue weighted by Gasteiger charge is 2.22. The standard InChI is InChI=1S/C25H35N3O2/c1-5-20-6-8-21(9-7-20)24(18(2)3)26-19(4)25(29)27-22-10-12-23(13-11-22)28-14-16-30-17-15-28/h6-13,18-19,24,26H,5,14-17H2,1-4H3,(H,27,29)/t19-,24+/m0/s1. The molecule has 30 heavy (non-hydrogen) atoms. The molecule has 0 bridgehead atoms. The van der Waals surface area contributed by atoms with Crippen molar-refractivity contribution in [2.24, 2.45) is 5.92 Å². The fourth-order valence-corrected chi connectivity index (χ4v) is 3.81. The van der Waals surface area contributed by atoms with E-state index < -0.39 is 0 Å². The van der Waals surface area contributed by atoms with Crippen molar-refractivity contribution in [3.63, 3.8) is 0 Å². The highest BCUT2D eigenvalue weighted by molar-refractivity contribution is 5.94. The lowest BCUT2D eigenvalue weighted by molar-refractivity contribution is -0.118. The summed E-state index contributed by atoms with van der Waals surface area (Å²) in [6, 6.07) is 16.6. The first-order chi connectivity index (χ1) is 14.5. The van der Waals surface area contributed by atoms with Gasteiger partial charge in [0.15, 0.2) is 0 Å². The van der Waals surface area contributed by atoms with Crippen LogP contribution in [0.4, 0.5) is 11.4 Å². The summed E-state index contributed by atoms with van der Waals surface area (Å²) >= 11 is 0. The van der Waals surface area contributed by atoms with Gasteiger partial charge in [-0.3, -0.25) is 10.1 Å². The topological polar surface area (TPSA) is 53.6 Å². The minimum absolute atomic E-state index is 0.0232. The van der Waals surface area contributed by atoms with Crippen LogP contribution < -0.4 is 15.5 Å². The van der Waals surface area contributed by atoms with Crippen molar-refractivity contribution in [3.8, 4) is 0 Å². The van der Waals surface area contributed by atoms with E-state index in [2.05, 4.69) is 72.7 Å². The lowest BCUT2D eigenvalue weighted by Gasteiger charge is -2.29. The largest absolute Gasteiger partial charge is 0.378 e. The van der Waals surface area contributed by atoms with Crippen LogP contribution in [0.2, 0.25) is 0 Å². The Morgan fingerprint density at radius 1 is 1.00 bits per heavy atom. The number of aryl methyl sites for hydroxylation is 1. The Hall–Kier alpha value is -2.37. The molecule has 5 nitrogen and oxygen atoms in total. The van der Waals surface area contributed by atoms with Gasteiger partial charge >= 0.3 is 0 Å². The maximum Gasteiger partial charge on any atom is 0.241 e. The van der Waals surface area contributed by atoms with Crippen LogP contribution in [-0.4, -0.2) is 38.3 Å². The maximum absolute atomic E-state index is 12.8. The van der Waals surface area contributed by atoms with Gasteiger partial charge in [-0.25, -0.2) is 0 Å². The number of benzene rings is 2. The van der Waals surface area contributed by atoms with Crippen molar-refractivity contribution < 1.29 is 9.53 Å². The second-order valence-corrected chi connectivity index (χ2v) is 8.34. The van der Waals surface area contributed by atoms with E-state index in [4.69, 9.17) is 4.74 Å². The number of anilines is 2. The number of amides is 1. The predicted octanol–water partition coefficient (Wildman–Crippen LogP) is 4.40. The summed E-state index contributed by atoms with van der Waals surface area (Å²) in [5.74, 6) is 0.352. The third-order valence-electron chi connectivity index (χ3n) is 5.75. The van der Waals surface area contributed by atoms with Crippen molar-refractivity contribution >= 4 is 17.3 Å². The molecule has 1 aliphatic rings. The summed E-state index contributed by atoms with van der Waals surface area (Å²) in [5.41, 5.74) is 4.53. The average molecular weight is 410 g/mol. The van der Waals surface area contributed by atoms with Crippen LogP contribution in [0.3, 0.4) is 0 Å². The summed E-state index contributed by atoms with van der Waals surface area (Å²) in [6.45, 7) is 11.8. The molecule has 1 saturated heterocycles. The molecule has 2 atom stereocenters. The third kappa shape index (κ3) is 5.83. The fraction of sp³-hybridized carbons (Fsp3) is 0.480. The van der Waals surface area contributed by atoms with E-state index in [1.807, 2.05) is 19.1 Å². The van der Waals surface area contributed by atoms with E-state index in [0.29, 0.717) is 5.92 Å². The third-order valence-corrected chi connectivity index (χ3v) is 5.75. The van der Waals surface area contributed by atoms with Gasteiger partial charge in [-0.2, -0.15) is 0 Å². The molecule has 0 spiro atoms.